The molecule has 0 radical (unpaired) electrons. The number of rotatable bonds is 0. The molecule has 5 atom stereocenters. The summed E-state index contributed by atoms with van der Waals surface area (Å²) in [7, 11) is 0. The van der Waals surface area contributed by atoms with E-state index in [1.54, 1.807) is 13.0 Å². The van der Waals surface area contributed by atoms with Crippen molar-refractivity contribution in [3.05, 3.63) is 23.3 Å². The second-order valence-electron chi connectivity index (χ2n) is 6.96. The number of aliphatic hydroxyl groups is 1. The van der Waals surface area contributed by atoms with Crippen molar-refractivity contribution in [3.63, 3.8) is 0 Å². The smallest absolute Gasteiger partial charge is 0.331 e. The summed E-state index contributed by atoms with van der Waals surface area (Å²) in [6.07, 6.45) is 3.67. The van der Waals surface area contributed by atoms with E-state index in [9.17, 15) is 14.7 Å². The third-order valence-electron chi connectivity index (χ3n) is 5.93. The van der Waals surface area contributed by atoms with E-state index in [-0.39, 0.29) is 36.0 Å². The molecule has 0 unspecified atom stereocenters. The maximum atomic E-state index is 12.4. The molecule has 0 aromatic carbocycles. The van der Waals surface area contributed by atoms with Crippen molar-refractivity contribution in [2.75, 3.05) is 6.61 Å². The fourth-order valence-corrected chi connectivity index (χ4v) is 4.83. The first-order chi connectivity index (χ1) is 9.87. The number of cyclic esters (lactones) is 1. The fourth-order valence-electron chi connectivity index (χ4n) is 4.83. The molecule has 0 amide bonds. The Morgan fingerprint density at radius 3 is 2.86 bits per heavy atom. The Labute approximate surface area is 122 Å². The zero-order valence-electron chi connectivity index (χ0n) is 12.1. The molecule has 0 aromatic rings. The minimum absolute atomic E-state index is 0.137. The van der Waals surface area contributed by atoms with E-state index in [0.717, 1.165) is 17.6 Å². The van der Waals surface area contributed by atoms with Gasteiger partial charge in [0, 0.05) is 17.4 Å². The van der Waals surface area contributed by atoms with E-state index in [2.05, 4.69) is 6.92 Å². The summed E-state index contributed by atoms with van der Waals surface area (Å²) in [4.78, 5) is 24.0. The Balaban J connectivity index is 1.93. The quantitative estimate of drug-likeness (QED) is 0.677. The normalized spacial score (nSPS) is 47.7. The number of carbonyl (C=O) groups excluding carboxylic acids is 2. The summed E-state index contributed by atoms with van der Waals surface area (Å²) in [6.45, 7) is 4.11. The van der Waals surface area contributed by atoms with E-state index in [0.29, 0.717) is 6.42 Å². The standard InChI is InChI=1S/C16H18O5/c1-15-4-3-11(17)16(2)13(15)10(21-14(16)19)5-8-7-20-12(18)6-9(8)15/h5-6,10-11,13,17H,3-4,7H2,1-2H3/t10-,11+,13-,15-,16+/m1/s1. The number of fused-ring (bicyclic) bond motifs is 2. The maximum Gasteiger partial charge on any atom is 0.331 e. The average molecular weight is 290 g/mol. The predicted molar refractivity (Wildman–Crippen MR) is 71.9 cm³/mol. The zero-order valence-corrected chi connectivity index (χ0v) is 12.1. The summed E-state index contributed by atoms with van der Waals surface area (Å²) in [6, 6.07) is 0. The first-order valence-electron chi connectivity index (χ1n) is 7.36. The number of carbonyl (C=O) groups is 2. The lowest BCUT2D eigenvalue weighted by Gasteiger charge is -2.53. The van der Waals surface area contributed by atoms with Gasteiger partial charge in [-0.05, 0) is 37.0 Å². The molecule has 0 bridgehead atoms. The van der Waals surface area contributed by atoms with E-state index < -0.39 is 11.5 Å². The Bertz CT molecular complexity index is 618. The van der Waals surface area contributed by atoms with Crippen LogP contribution in [-0.4, -0.2) is 35.9 Å². The Morgan fingerprint density at radius 2 is 2.10 bits per heavy atom. The van der Waals surface area contributed by atoms with Gasteiger partial charge in [0.2, 0.25) is 0 Å². The van der Waals surface area contributed by atoms with Crippen LogP contribution < -0.4 is 0 Å². The molecule has 2 aliphatic carbocycles. The third-order valence-corrected chi connectivity index (χ3v) is 5.93. The molecule has 5 heteroatoms. The molecule has 2 aliphatic heterocycles. The molecule has 0 spiro atoms. The van der Waals surface area contributed by atoms with Crippen molar-refractivity contribution in [2.24, 2.45) is 16.7 Å². The predicted octanol–water partition coefficient (Wildman–Crippen LogP) is 1.12. The van der Waals surface area contributed by atoms with Gasteiger partial charge in [0.25, 0.3) is 0 Å². The van der Waals surface area contributed by atoms with Crippen LogP contribution in [0.25, 0.3) is 0 Å². The van der Waals surface area contributed by atoms with Crippen molar-refractivity contribution >= 4 is 11.9 Å². The maximum absolute atomic E-state index is 12.4. The topological polar surface area (TPSA) is 72.8 Å². The molecule has 1 saturated heterocycles. The summed E-state index contributed by atoms with van der Waals surface area (Å²) in [5.41, 5.74) is 0.652. The molecule has 4 aliphatic rings. The Morgan fingerprint density at radius 1 is 1.33 bits per heavy atom. The number of esters is 2. The highest BCUT2D eigenvalue weighted by Gasteiger charge is 2.68. The highest BCUT2D eigenvalue weighted by molar-refractivity contribution is 5.87. The lowest BCUT2D eigenvalue weighted by molar-refractivity contribution is -0.155. The van der Waals surface area contributed by atoms with E-state index in [4.69, 9.17) is 9.47 Å². The van der Waals surface area contributed by atoms with Gasteiger partial charge in [0.05, 0.1) is 11.5 Å². The minimum atomic E-state index is -0.901. The van der Waals surface area contributed by atoms with Crippen molar-refractivity contribution in [2.45, 2.75) is 38.9 Å². The molecule has 2 heterocycles. The van der Waals surface area contributed by atoms with Gasteiger partial charge >= 0.3 is 11.9 Å². The van der Waals surface area contributed by atoms with Crippen LogP contribution in [0.4, 0.5) is 0 Å². The molecule has 1 N–H and O–H groups in total. The van der Waals surface area contributed by atoms with Gasteiger partial charge in [-0.1, -0.05) is 6.92 Å². The van der Waals surface area contributed by atoms with Crippen LogP contribution in [0.15, 0.2) is 23.3 Å². The molecular weight excluding hydrogens is 272 g/mol. The van der Waals surface area contributed by atoms with Gasteiger partial charge in [-0.25, -0.2) is 4.79 Å². The lowest BCUT2D eigenvalue weighted by atomic mass is 9.49. The molecule has 21 heavy (non-hydrogen) atoms. The monoisotopic (exact) mass is 290 g/mol. The van der Waals surface area contributed by atoms with Gasteiger partial charge in [0.1, 0.15) is 12.7 Å². The Hall–Kier alpha value is -1.62. The first kappa shape index (κ1) is 13.1. The minimum Gasteiger partial charge on any atom is -0.458 e. The number of hydrogen-bond acceptors (Lipinski definition) is 5. The second kappa shape index (κ2) is 3.77. The summed E-state index contributed by atoms with van der Waals surface area (Å²) >= 11 is 0. The SMILES string of the molecule is C[C@]12C(=O)O[C@@H]3C=C4COC(=O)C=C4[C@@](C)(CC[C@@H]1O)[C@@H]32. The van der Waals surface area contributed by atoms with E-state index in [1.807, 2.05) is 6.08 Å². The van der Waals surface area contributed by atoms with Crippen LogP contribution >= 0.6 is 0 Å². The molecule has 1 saturated carbocycles. The second-order valence-corrected chi connectivity index (χ2v) is 6.96. The molecule has 5 nitrogen and oxygen atoms in total. The molecular formula is C16H18O5. The van der Waals surface area contributed by atoms with Gasteiger partial charge in [-0.3, -0.25) is 4.79 Å². The summed E-state index contributed by atoms with van der Waals surface area (Å²) in [5, 5.41) is 10.4. The van der Waals surface area contributed by atoms with Gasteiger partial charge in [0.15, 0.2) is 0 Å². The van der Waals surface area contributed by atoms with Crippen LogP contribution in [0.5, 0.6) is 0 Å². The lowest BCUT2D eigenvalue weighted by Crippen LogP contribution is -2.56. The van der Waals surface area contributed by atoms with Gasteiger partial charge < -0.3 is 14.6 Å². The first-order valence-corrected chi connectivity index (χ1v) is 7.36. The number of aliphatic hydroxyl groups excluding tert-OH is 1. The van der Waals surface area contributed by atoms with Crippen LogP contribution in [0, 0.1) is 16.7 Å². The highest BCUT2D eigenvalue weighted by Crippen LogP contribution is 2.63. The van der Waals surface area contributed by atoms with Crippen molar-refractivity contribution in [1.29, 1.82) is 0 Å². The van der Waals surface area contributed by atoms with Crippen molar-refractivity contribution in [3.8, 4) is 0 Å². The summed E-state index contributed by atoms with van der Waals surface area (Å²) in [5.74, 6) is -0.804. The van der Waals surface area contributed by atoms with Crippen molar-refractivity contribution in [1.82, 2.24) is 0 Å². The molecule has 112 valence electrons. The molecule has 0 aromatic heterocycles. The fraction of sp³-hybridized carbons (Fsp3) is 0.625. The third kappa shape index (κ3) is 1.40. The largest absolute Gasteiger partial charge is 0.458 e. The molecule has 4 rings (SSSR count). The van der Waals surface area contributed by atoms with Crippen LogP contribution in [-0.2, 0) is 19.1 Å². The summed E-state index contributed by atoms with van der Waals surface area (Å²) < 4.78 is 10.6. The van der Waals surface area contributed by atoms with Crippen LogP contribution in [0.1, 0.15) is 26.7 Å². The van der Waals surface area contributed by atoms with Crippen LogP contribution in [0.3, 0.4) is 0 Å². The van der Waals surface area contributed by atoms with E-state index in [1.165, 1.54) is 0 Å². The van der Waals surface area contributed by atoms with Crippen molar-refractivity contribution < 1.29 is 24.2 Å². The molecule has 2 fully saturated rings. The zero-order chi connectivity index (χ0) is 15.0. The van der Waals surface area contributed by atoms with Crippen LogP contribution in [0.2, 0.25) is 0 Å². The van der Waals surface area contributed by atoms with E-state index >= 15 is 0 Å². The highest BCUT2D eigenvalue weighted by atomic mass is 16.6. The number of hydrogen-bond donors (Lipinski definition) is 1. The number of ether oxygens (including phenoxy) is 2. The van der Waals surface area contributed by atoms with Gasteiger partial charge in [-0.2, -0.15) is 0 Å². The Kier molecular flexibility index (Phi) is 2.35. The van der Waals surface area contributed by atoms with Gasteiger partial charge in [-0.15, -0.1) is 0 Å². The average Bonchev–Trinajstić information content (AvgIpc) is 2.70.